The Morgan fingerprint density at radius 3 is 2.65 bits per heavy atom. The topological polar surface area (TPSA) is 24.5 Å². The average Bonchev–Trinajstić information content (AvgIpc) is 2.42. The van der Waals surface area contributed by atoms with Crippen LogP contribution in [0.1, 0.15) is 23.6 Å². The molecule has 1 aromatic carbocycles. The summed E-state index contributed by atoms with van der Waals surface area (Å²) < 4.78 is 6.01. The van der Waals surface area contributed by atoms with Crippen LogP contribution in [0.4, 0.5) is 0 Å². The van der Waals surface area contributed by atoms with Crippen LogP contribution in [-0.2, 0) is 11.2 Å². The van der Waals surface area contributed by atoms with Crippen molar-refractivity contribution < 1.29 is 4.74 Å². The number of ether oxygens (including phenoxy) is 1. The number of likely N-dealkylation sites (N-methyl/N-ethyl adjacent to an activating group) is 2. The van der Waals surface area contributed by atoms with Crippen LogP contribution in [0.5, 0.6) is 0 Å². The molecule has 2 unspecified atom stereocenters. The van der Waals surface area contributed by atoms with Gasteiger partial charge in [0.25, 0.3) is 0 Å². The van der Waals surface area contributed by atoms with Gasteiger partial charge in [-0.25, -0.2) is 0 Å². The van der Waals surface area contributed by atoms with Gasteiger partial charge in [0.05, 0.1) is 12.7 Å². The Kier molecular flexibility index (Phi) is 5.58. The van der Waals surface area contributed by atoms with Crippen LogP contribution in [0.15, 0.2) is 18.2 Å². The van der Waals surface area contributed by atoms with Gasteiger partial charge in [-0.15, -0.1) is 0 Å². The van der Waals surface area contributed by atoms with Gasteiger partial charge in [0, 0.05) is 19.1 Å². The highest BCUT2D eigenvalue weighted by molar-refractivity contribution is 5.34. The largest absolute Gasteiger partial charge is 0.374 e. The maximum Gasteiger partial charge on any atom is 0.0858 e. The molecule has 1 aliphatic rings. The predicted molar refractivity (Wildman–Crippen MR) is 84.3 cm³/mol. The molecule has 1 heterocycles. The lowest BCUT2D eigenvalue weighted by molar-refractivity contribution is -0.0382. The van der Waals surface area contributed by atoms with Crippen molar-refractivity contribution in [3.8, 4) is 0 Å². The van der Waals surface area contributed by atoms with Crippen molar-refractivity contribution in [2.24, 2.45) is 0 Å². The number of hydrogen-bond acceptors (Lipinski definition) is 3. The fourth-order valence-corrected chi connectivity index (χ4v) is 3.04. The summed E-state index contributed by atoms with van der Waals surface area (Å²) in [4.78, 5) is 2.36. The van der Waals surface area contributed by atoms with Crippen LogP contribution in [0.3, 0.4) is 0 Å². The lowest BCUT2D eigenvalue weighted by Gasteiger charge is -2.36. The number of nitrogens with one attached hydrogen (secondary N) is 1. The summed E-state index contributed by atoms with van der Waals surface area (Å²) >= 11 is 0. The van der Waals surface area contributed by atoms with Gasteiger partial charge in [0.15, 0.2) is 0 Å². The zero-order valence-electron chi connectivity index (χ0n) is 13.3. The third kappa shape index (κ3) is 3.81. The number of hydrogen-bond donors (Lipinski definition) is 1. The Bertz CT molecular complexity index is 413. The molecule has 3 heteroatoms. The Hall–Kier alpha value is -0.900. The molecule has 0 spiro atoms. The van der Waals surface area contributed by atoms with Gasteiger partial charge in [-0.05, 0) is 50.6 Å². The van der Waals surface area contributed by atoms with E-state index in [0.717, 1.165) is 32.7 Å². The van der Waals surface area contributed by atoms with Crippen molar-refractivity contribution in [3.05, 3.63) is 34.9 Å². The van der Waals surface area contributed by atoms with Gasteiger partial charge in [-0.2, -0.15) is 0 Å². The Morgan fingerprint density at radius 1 is 1.35 bits per heavy atom. The standard InChI is InChI=1S/C17H28N2O/c1-5-18-16(17-12-19(4)9-10-20-17)11-15-13(2)7-6-8-14(15)3/h6-8,16-18H,5,9-12H2,1-4H3. The average molecular weight is 276 g/mol. The summed E-state index contributed by atoms with van der Waals surface area (Å²) in [6.45, 7) is 10.5. The molecule has 1 saturated heterocycles. The molecule has 0 aromatic heterocycles. The van der Waals surface area contributed by atoms with E-state index in [1.807, 2.05) is 0 Å². The van der Waals surface area contributed by atoms with Gasteiger partial charge < -0.3 is 15.0 Å². The fourth-order valence-electron chi connectivity index (χ4n) is 3.04. The summed E-state index contributed by atoms with van der Waals surface area (Å²) in [5, 5.41) is 3.62. The monoisotopic (exact) mass is 276 g/mol. The van der Waals surface area contributed by atoms with E-state index in [1.54, 1.807) is 0 Å². The zero-order chi connectivity index (χ0) is 14.5. The van der Waals surface area contributed by atoms with E-state index in [4.69, 9.17) is 4.74 Å². The molecular formula is C17H28N2O. The van der Waals surface area contributed by atoms with Crippen LogP contribution in [-0.4, -0.2) is 50.3 Å². The molecule has 1 aromatic rings. The van der Waals surface area contributed by atoms with E-state index in [0.29, 0.717) is 6.04 Å². The normalized spacial score (nSPS) is 21.9. The van der Waals surface area contributed by atoms with Gasteiger partial charge in [-0.1, -0.05) is 25.1 Å². The van der Waals surface area contributed by atoms with Crippen LogP contribution in [0.2, 0.25) is 0 Å². The minimum Gasteiger partial charge on any atom is -0.374 e. The highest BCUT2D eigenvalue weighted by Crippen LogP contribution is 2.19. The van der Waals surface area contributed by atoms with Crippen molar-refractivity contribution in [3.63, 3.8) is 0 Å². The van der Waals surface area contributed by atoms with E-state index in [1.165, 1.54) is 16.7 Å². The Labute approximate surface area is 123 Å². The molecule has 0 aliphatic carbocycles. The number of rotatable bonds is 5. The van der Waals surface area contributed by atoms with Crippen molar-refractivity contribution in [2.75, 3.05) is 33.3 Å². The first-order valence-electron chi connectivity index (χ1n) is 7.70. The van der Waals surface area contributed by atoms with E-state index in [-0.39, 0.29) is 6.10 Å². The maximum atomic E-state index is 6.01. The molecule has 112 valence electrons. The van der Waals surface area contributed by atoms with Crippen molar-refractivity contribution in [1.29, 1.82) is 0 Å². The summed E-state index contributed by atoms with van der Waals surface area (Å²) in [5.74, 6) is 0. The molecule has 1 fully saturated rings. The summed E-state index contributed by atoms with van der Waals surface area (Å²) in [6.07, 6.45) is 1.33. The van der Waals surface area contributed by atoms with E-state index in [9.17, 15) is 0 Å². The first-order valence-corrected chi connectivity index (χ1v) is 7.70. The van der Waals surface area contributed by atoms with Crippen molar-refractivity contribution in [2.45, 2.75) is 39.3 Å². The molecule has 1 N–H and O–H groups in total. The minimum absolute atomic E-state index is 0.285. The first kappa shape index (κ1) is 15.5. The smallest absolute Gasteiger partial charge is 0.0858 e. The number of nitrogens with zero attached hydrogens (tertiary/aromatic N) is 1. The van der Waals surface area contributed by atoms with Crippen LogP contribution in [0, 0.1) is 13.8 Å². The van der Waals surface area contributed by atoms with Gasteiger partial charge in [-0.3, -0.25) is 0 Å². The van der Waals surface area contributed by atoms with Crippen molar-refractivity contribution >= 4 is 0 Å². The minimum atomic E-state index is 0.285. The second kappa shape index (κ2) is 7.21. The van der Waals surface area contributed by atoms with Crippen LogP contribution in [0.25, 0.3) is 0 Å². The second-order valence-corrected chi connectivity index (χ2v) is 5.91. The van der Waals surface area contributed by atoms with Crippen molar-refractivity contribution in [1.82, 2.24) is 10.2 Å². The zero-order valence-corrected chi connectivity index (χ0v) is 13.3. The summed E-state index contributed by atoms with van der Waals surface area (Å²) in [7, 11) is 2.18. The molecule has 0 amide bonds. The third-order valence-electron chi connectivity index (χ3n) is 4.28. The fraction of sp³-hybridized carbons (Fsp3) is 0.647. The molecule has 0 bridgehead atoms. The molecule has 0 radical (unpaired) electrons. The van der Waals surface area contributed by atoms with Gasteiger partial charge >= 0.3 is 0 Å². The molecule has 2 rings (SSSR count). The molecule has 20 heavy (non-hydrogen) atoms. The molecule has 2 atom stereocenters. The highest BCUT2D eigenvalue weighted by atomic mass is 16.5. The molecule has 1 aliphatic heterocycles. The number of aryl methyl sites for hydroxylation is 2. The van der Waals surface area contributed by atoms with Crippen LogP contribution >= 0.6 is 0 Å². The SMILES string of the molecule is CCNC(Cc1c(C)cccc1C)C1CN(C)CCO1. The van der Waals surface area contributed by atoms with Gasteiger partial charge in [0.1, 0.15) is 0 Å². The third-order valence-corrected chi connectivity index (χ3v) is 4.28. The summed E-state index contributed by atoms with van der Waals surface area (Å²) in [6, 6.07) is 6.95. The molecule has 3 nitrogen and oxygen atoms in total. The van der Waals surface area contributed by atoms with Gasteiger partial charge in [0.2, 0.25) is 0 Å². The quantitative estimate of drug-likeness (QED) is 0.892. The second-order valence-electron chi connectivity index (χ2n) is 5.91. The van der Waals surface area contributed by atoms with E-state index < -0.39 is 0 Å². The first-order chi connectivity index (χ1) is 9.61. The van der Waals surface area contributed by atoms with Crippen LogP contribution < -0.4 is 5.32 Å². The predicted octanol–water partition coefficient (Wildman–Crippen LogP) is 2.15. The Morgan fingerprint density at radius 2 is 2.05 bits per heavy atom. The molecular weight excluding hydrogens is 248 g/mol. The lowest BCUT2D eigenvalue weighted by atomic mass is 9.93. The Balaban J connectivity index is 2.12. The lowest BCUT2D eigenvalue weighted by Crippen LogP contribution is -2.52. The van der Waals surface area contributed by atoms with E-state index >= 15 is 0 Å². The number of morpholine rings is 1. The summed E-state index contributed by atoms with van der Waals surface area (Å²) in [5.41, 5.74) is 4.24. The maximum absolute atomic E-state index is 6.01. The number of benzene rings is 1. The highest BCUT2D eigenvalue weighted by Gasteiger charge is 2.27. The molecule has 0 saturated carbocycles. The van der Waals surface area contributed by atoms with E-state index in [2.05, 4.69) is 56.2 Å².